The van der Waals surface area contributed by atoms with Gasteiger partial charge < -0.3 is 51.6 Å². The summed E-state index contributed by atoms with van der Waals surface area (Å²) in [6.07, 6.45) is 1.90. The summed E-state index contributed by atoms with van der Waals surface area (Å²) in [7, 11) is -1.70. The first-order valence-corrected chi connectivity index (χ1v) is 12.4. The van der Waals surface area contributed by atoms with Crippen molar-refractivity contribution in [2.75, 3.05) is 52.7 Å². The molecule has 0 aromatic rings. The number of carbonyl (C=O) groups is 4. The molecule has 1 saturated heterocycles. The number of rotatable bonds is 17. The molecule has 1 rings (SSSR count). The third-order valence-corrected chi connectivity index (χ3v) is 5.49. The number of hydrogen-bond donors (Lipinski definition) is 8. The van der Waals surface area contributed by atoms with Crippen molar-refractivity contribution < 1.29 is 43.8 Å². The summed E-state index contributed by atoms with van der Waals surface area (Å²) in [6.45, 7) is 1.57. The van der Waals surface area contributed by atoms with Crippen molar-refractivity contribution in [3.8, 4) is 0 Å². The van der Waals surface area contributed by atoms with E-state index >= 15 is 0 Å². The van der Waals surface area contributed by atoms with Gasteiger partial charge in [-0.2, -0.15) is 0 Å². The topological polar surface area (TPSA) is 251 Å². The van der Waals surface area contributed by atoms with Crippen LogP contribution in [0.3, 0.4) is 0 Å². The Kier molecular flexibility index (Phi) is 16.1. The van der Waals surface area contributed by atoms with Gasteiger partial charge in [0.25, 0.3) is 0 Å². The quantitative estimate of drug-likeness (QED) is 0.0372. The van der Waals surface area contributed by atoms with Crippen LogP contribution in [-0.4, -0.2) is 127 Å². The molecule has 38 heavy (non-hydrogen) atoms. The third-order valence-electron chi connectivity index (χ3n) is 5.49. The maximum absolute atomic E-state index is 12.5. The normalized spacial score (nSPS) is 17.0. The first kappa shape index (κ1) is 33.2. The van der Waals surface area contributed by atoms with E-state index in [4.69, 9.17) is 20.9 Å². The Morgan fingerprint density at radius 3 is 2.55 bits per heavy atom. The molecule has 10 N–H and O–H groups in total. The van der Waals surface area contributed by atoms with Crippen molar-refractivity contribution in [1.29, 1.82) is 0 Å². The molecule has 0 radical (unpaired) electrons. The lowest BCUT2D eigenvalue weighted by molar-refractivity contribution is -0.138. The van der Waals surface area contributed by atoms with Gasteiger partial charge in [-0.3, -0.25) is 29.5 Å². The highest BCUT2D eigenvalue weighted by Gasteiger charge is 2.39. The van der Waals surface area contributed by atoms with Crippen molar-refractivity contribution in [1.82, 2.24) is 20.9 Å². The average Bonchev–Trinajstić information content (AvgIpc) is 3.36. The van der Waals surface area contributed by atoms with E-state index in [1.165, 1.54) is 11.8 Å². The summed E-state index contributed by atoms with van der Waals surface area (Å²) in [5.74, 6) is -2.65. The van der Waals surface area contributed by atoms with E-state index in [0.717, 1.165) is 0 Å². The fourth-order valence-electron chi connectivity index (χ4n) is 3.62. The Labute approximate surface area is 221 Å². The minimum Gasteiger partial charge on any atom is -0.426 e. The summed E-state index contributed by atoms with van der Waals surface area (Å²) in [5, 5.41) is 35.6. The van der Waals surface area contributed by atoms with Crippen molar-refractivity contribution in [2.24, 2.45) is 16.5 Å². The minimum atomic E-state index is -1.70. The SMILES string of the molecule is CC(=O)NC(N)=NCCC[C@H](N)C(=O)NCCOCCOCC(=O)N[C@@H](CO)C(=O)N1CCCC1B(O)O. The second-order valence-corrected chi connectivity index (χ2v) is 8.61. The lowest BCUT2D eigenvalue weighted by Crippen LogP contribution is -2.55. The van der Waals surface area contributed by atoms with Crippen LogP contribution in [0.2, 0.25) is 0 Å². The maximum atomic E-state index is 12.5. The van der Waals surface area contributed by atoms with Gasteiger partial charge in [-0.05, 0) is 25.7 Å². The number of aliphatic hydroxyl groups excluding tert-OH is 1. The molecule has 0 aromatic heterocycles. The van der Waals surface area contributed by atoms with Crippen LogP contribution >= 0.6 is 0 Å². The molecule has 0 spiro atoms. The number of aliphatic imine (C=N–C) groups is 1. The van der Waals surface area contributed by atoms with Crippen LogP contribution in [-0.2, 0) is 28.7 Å². The van der Waals surface area contributed by atoms with E-state index in [1.54, 1.807) is 0 Å². The van der Waals surface area contributed by atoms with Gasteiger partial charge in [0.1, 0.15) is 12.6 Å². The molecule has 1 aliphatic rings. The van der Waals surface area contributed by atoms with Gasteiger partial charge in [0.2, 0.25) is 23.6 Å². The van der Waals surface area contributed by atoms with Crippen molar-refractivity contribution in [3.63, 3.8) is 0 Å². The molecular weight excluding hydrogens is 505 g/mol. The third kappa shape index (κ3) is 13.1. The van der Waals surface area contributed by atoms with Crippen LogP contribution in [0.25, 0.3) is 0 Å². The molecule has 216 valence electrons. The van der Waals surface area contributed by atoms with Gasteiger partial charge in [0.15, 0.2) is 5.96 Å². The number of likely N-dealkylation sites (tertiary alicyclic amines) is 1. The number of nitrogens with two attached hydrogens (primary N) is 2. The summed E-state index contributed by atoms with van der Waals surface area (Å²) < 4.78 is 10.5. The van der Waals surface area contributed by atoms with E-state index in [1.807, 2.05) is 0 Å². The summed E-state index contributed by atoms with van der Waals surface area (Å²) in [5.41, 5.74) is 11.3. The first-order valence-electron chi connectivity index (χ1n) is 12.4. The van der Waals surface area contributed by atoms with E-state index in [2.05, 4.69) is 20.9 Å². The predicted octanol–water partition coefficient (Wildman–Crippen LogP) is -4.83. The van der Waals surface area contributed by atoms with Crippen LogP contribution in [0.5, 0.6) is 0 Å². The van der Waals surface area contributed by atoms with Gasteiger partial charge in [-0.15, -0.1) is 0 Å². The number of nitrogens with one attached hydrogen (secondary N) is 3. The van der Waals surface area contributed by atoms with Crippen LogP contribution in [0.1, 0.15) is 32.6 Å². The van der Waals surface area contributed by atoms with Crippen LogP contribution in [0.15, 0.2) is 4.99 Å². The predicted molar refractivity (Wildman–Crippen MR) is 136 cm³/mol. The molecule has 16 nitrogen and oxygen atoms in total. The number of aliphatic hydroxyl groups is 1. The van der Waals surface area contributed by atoms with E-state index in [9.17, 15) is 34.3 Å². The van der Waals surface area contributed by atoms with Gasteiger partial charge in [-0.1, -0.05) is 0 Å². The van der Waals surface area contributed by atoms with E-state index in [-0.39, 0.29) is 50.7 Å². The van der Waals surface area contributed by atoms with Crippen LogP contribution in [0.4, 0.5) is 0 Å². The Morgan fingerprint density at radius 2 is 1.89 bits per heavy atom. The number of hydrogen-bond acceptors (Lipinski definition) is 11. The highest BCUT2D eigenvalue weighted by Crippen LogP contribution is 2.19. The largest absolute Gasteiger partial charge is 0.475 e. The molecule has 1 unspecified atom stereocenters. The second kappa shape index (κ2) is 18.4. The molecule has 0 bridgehead atoms. The number of ether oxygens (including phenoxy) is 2. The van der Waals surface area contributed by atoms with Gasteiger partial charge in [0.05, 0.1) is 38.4 Å². The fraction of sp³-hybridized carbons (Fsp3) is 0.762. The Balaban J connectivity index is 2.12. The summed E-state index contributed by atoms with van der Waals surface area (Å²) in [6, 6.07) is -1.94. The van der Waals surface area contributed by atoms with E-state index in [0.29, 0.717) is 38.8 Å². The summed E-state index contributed by atoms with van der Waals surface area (Å²) in [4.78, 5) is 52.6. The zero-order chi connectivity index (χ0) is 28.5. The number of nitrogens with zero attached hydrogens (tertiary/aromatic N) is 2. The van der Waals surface area contributed by atoms with Gasteiger partial charge >= 0.3 is 7.12 Å². The average molecular weight is 545 g/mol. The van der Waals surface area contributed by atoms with Crippen LogP contribution < -0.4 is 27.4 Å². The molecule has 3 atom stereocenters. The molecule has 1 fully saturated rings. The fourth-order valence-corrected chi connectivity index (χ4v) is 3.62. The second-order valence-electron chi connectivity index (χ2n) is 8.61. The number of carbonyl (C=O) groups excluding carboxylic acids is 4. The van der Waals surface area contributed by atoms with Gasteiger partial charge in [0, 0.05) is 26.6 Å². The number of amides is 4. The minimum absolute atomic E-state index is 0.0118. The van der Waals surface area contributed by atoms with Crippen LogP contribution in [0, 0.1) is 0 Å². The molecule has 0 saturated carbocycles. The monoisotopic (exact) mass is 545 g/mol. The molecule has 0 aromatic carbocycles. The lowest BCUT2D eigenvalue weighted by Gasteiger charge is -2.28. The van der Waals surface area contributed by atoms with Gasteiger partial charge in [-0.25, -0.2) is 0 Å². The number of guanidine groups is 1. The van der Waals surface area contributed by atoms with E-state index < -0.39 is 43.6 Å². The van der Waals surface area contributed by atoms with Crippen molar-refractivity contribution in [2.45, 2.75) is 50.6 Å². The summed E-state index contributed by atoms with van der Waals surface area (Å²) >= 11 is 0. The molecule has 1 aliphatic heterocycles. The van der Waals surface area contributed by atoms with Crippen molar-refractivity contribution in [3.05, 3.63) is 0 Å². The first-order chi connectivity index (χ1) is 18.1. The Bertz CT molecular complexity index is 803. The molecule has 1 heterocycles. The highest BCUT2D eigenvalue weighted by atomic mass is 16.5. The Hall–Kier alpha value is -2.83. The highest BCUT2D eigenvalue weighted by molar-refractivity contribution is 6.43. The smallest absolute Gasteiger partial charge is 0.426 e. The maximum Gasteiger partial charge on any atom is 0.475 e. The molecule has 17 heteroatoms. The van der Waals surface area contributed by atoms with Crippen molar-refractivity contribution >= 4 is 36.7 Å². The lowest BCUT2D eigenvalue weighted by atomic mass is 9.78. The zero-order valence-corrected chi connectivity index (χ0v) is 21.6. The molecule has 4 amide bonds. The standard InChI is InChI=1S/C21H40BN7O9/c1-14(31)27-21(24)26-6-2-4-15(23)19(33)25-7-9-37-10-11-38-13-18(32)28-16(12-30)20(34)29-8-3-5-17(29)22(35)36/h15-17,30,35-36H,2-13,23H2,1H3,(H,25,33)(H,28,32)(H3,24,26,27,31)/t15-,16-,17?/m0/s1. The Morgan fingerprint density at radius 1 is 1.18 bits per heavy atom. The molecular formula is C21H40BN7O9. The zero-order valence-electron chi connectivity index (χ0n) is 21.6. The molecule has 0 aliphatic carbocycles.